The van der Waals surface area contributed by atoms with Gasteiger partial charge in [-0.05, 0) is 82.2 Å². The Kier molecular flexibility index (Phi) is 3.76. The molecule has 1 N–H and O–H groups in total. The van der Waals surface area contributed by atoms with Crippen LogP contribution in [-0.4, -0.2) is 12.1 Å². The van der Waals surface area contributed by atoms with Gasteiger partial charge in [-0.3, -0.25) is 0 Å². The third-order valence-corrected chi connectivity index (χ3v) is 3.95. The first-order valence-corrected chi connectivity index (χ1v) is 6.88. The van der Waals surface area contributed by atoms with E-state index in [9.17, 15) is 4.39 Å². The van der Waals surface area contributed by atoms with Crippen molar-refractivity contribution >= 4 is 0 Å². The van der Waals surface area contributed by atoms with Crippen molar-refractivity contribution in [1.29, 1.82) is 0 Å². The van der Waals surface area contributed by atoms with E-state index in [1.807, 2.05) is 6.07 Å². The topological polar surface area (TPSA) is 12.0 Å². The molecule has 0 heterocycles. The van der Waals surface area contributed by atoms with Crippen LogP contribution < -0.4 is 5.32 Å². The summed E-state index contributed by atoms with van der Waals surface area (Å²) < 4.78 is 13.4. The fraction of sp³-hybridized carbons (Fsp3) is 0.625. The number of hydrogen-bond acceptors (Lipinski definition) is 1. The summed E-state index contributed by atoms with van der Waals surface area (Å²) in [6, 6.07) is 5.18. The molecule has 1 fully saturated rings. The van der Waals surface area contributed by atoms with Gasteiger partial charge in [0.15, 0.2) is 0 Å². The molecule has 0 saturated heterocycles. The van der Waals surface area contributed by atoms with Crippen molar-refractivity contribution in [2.75, 3.05) is 6.54 Å². The van der Waals surface area contributed by atoms with E-state index in [2.05, 4.69) is 33.0 Å². The number of rotatable bonds is 3. The predicted octanol–water partition coefficient (Wildman–Crippen LogP) is 4.02. The van der Waals surface area contributed by atoms with Gasteiger partial charge >= 0.3 is 0 Å². The van der Waals surface area contributed by atoms with Crippen molar-refractivity contribution in [2.24, 2.45) is 5.92 Å². The third-order valence-electron chi connectivity index (χ3n) is 3.95. The molecule has 0 aromatic heterocycles. The maximum Gasteiger partial charge on any atom is 0.123 e. The van der Waals surface area contributed by atoms with E-state index in [0.717, 1.165) is 6.54 Å². The molecule has 0 radical (unpaired) electrons. The zero-order chi connectivity index (χ0) is 13.3. The Bertz CT molecular complexity index is 420. The van der Waals surface area contributed by atoms with Gasteiger partial charge in [0.25, 0.3) is 0 Å². The van der Waals surface area contributed by atoms with E-state index in [1.54, 1.807) is 12.1 Å². The van der Waals surface area contributed by atoms with Gasteiger partial charge in [-0.15, -0.1) is 0 Å². The highest BCUT2D eigenvalue weighted by molar-refractivity contribution is 5.32. The molecule has 2 unspecified atom stereocenters. The van der Waals surface area contributed by atoms with Crippen molar-refractivity contribution in [3.05, 3.63) is 35.1 Å². The van der Waals surface area contributed by atoms with E-state index in [0.29, 0.717) is 11.8 Å². The summed E-state index contributed by atoms with van der Waals surface area (Å²) in [5, 5.41) is 3.56. The summed E-state index contributed by atoms with van der Waals surface area (Å²) >= 11 is 0. The first-order chi connectivity index (χ1) is 8.37. The van der Waals surface area contributed by atoms with E-state index >= 15 is 0 Å². The monoisotopic (exact) mass is 249 g/mol. The number of hydrogen-bond donors (Lipinski definition) is 1. The standard InChI is InChI=1S/C16H24FN/c1-11-5-7-13(17)9-15(11)14-8-6-12(14)10-18-16(2,3)4/h5,7,9,12,14,18H,6,8,10H2,1-4H3. The fourth-order valence-electron chi connectivity index (χ4n) is 2.67. The van der Waals surface area contributed by atoms with E-state index in [-0.39, 0.29) is 11.4 Å². The highest BCUT2D eigenvalue weighted by Crippen LogP contribution is 2.43. The summed E-state index contributed by atoms with van der Waals surface area (Å²) in [5.74, 6) is 1.09. The first-order valence-electron chi connectivity index (χ1n) is 6.88. The first kappa shape index (κ1) is 13.5. The average molecular weight is 249 g/mol. The lowest BCUT2D eigenvalue weighted by Gasteiger charge is -2.39. The second kappa shape index (κ2) is 5.00. The molecule has 2 rings (SSSR count). The van der Waals surface area contributed by atoms with Gasteiger partial charge in [0.05, 0.1) is 0 Å². The largest absolute Gasteiger partial charge is 0.312 e. The van der Waals surface area contributed by atoms with Crippen LogP contribution in [0.2, 0.25) is 0 Å². The van der Waals surface area contributed by atoms with Gasteiger partial charge in [-0.2, -0.15) is 0 Å². The molecule has 18 heavy (non-hydrogen) atoms. The van der Waals surface area contributed by atoms with E-state index in [1.165, 1.54) is 24.0 Å². The summed E-state index contributed by atoms with van der Waals surface area (Å²) in [5.41, 5.74) is 2.60. The Morgan fingerprint density at radius 2 is 2.00 bits per heavy atom. The molecule has 0 amide bonds. The number of aryl methyl sites for hydroxylation is 1. The van der Waals surface area contributed by atoms with Gasteiger partial charge in [0, 0.05) is 5.54 Å². The van der Waals surface area contributed by atoms with Crippen LogP contribution in [0.15, 0.2) is 18.2 Å². The highest BCUT2D eigenvalue weighted by Gasteiger charge is 2.33. The molecule has 1 saturated carbocycles. The second-order valence-corrected chi connectivity index (χ2v) is 6.58. The van der Waals surface area contributed by atoms with Gasteiger partial charge in [-0.1, -0.05) is 6.07 Å². The Morgan fingerprint density at radius 3 is 2.56 bits per heavy atom. The zero-order valence-corrected chi connectivity index (χ0v) is 11.9. The molecular weight excluding hydrogens is 225 g/mol. The number of benzene rings is 1. The van der Waals surface area contributed by atoms with Crippen LogP contribution in [0, 0.1) is 18.7 Å². The summed E-state index contributed by atoms with van der Waals surface area (Å²) in [7, 11) is 0. The Labute approximate surface area is 110 Å². The van der Waals surface area contributed by atoms with Gasteiger partial charge in [0.1, 0.15) is 5.82 Å². The summed E-state index contributed by atoms with van der Waals surface area (Å²) in [4.78, 5) is 0. The van der Waals surface area contributed by atoms with E-state index in [4.69, 9.17) is 0 Å². The normalized spacial score (nSPS) is 23.8. The summed E-state index contributed by atoms with van der Waals surface area (Å²) in [6.07, 6.45) is 2.45. The molecule has 2 atom stereocenters. The molecule has 1 aliphatic rings. The fourth-order valence-corrected chi connectivity index (χ4v) is 2.67. The van der Waals surface area contributed by atoms with Gasteiger partial charge in [0.2, 0.25) is 0 Å². The Hall–Kier alpha value is -0.890. The number of halogens is 1. The van der Waals surface area contributed by atoms with Crippen LogP contribution >= 0.6 is 0 Å². The van der Waals surface area contributed by atoms with Gasteiger partial charge in [-0.25, -0.2) is 4.39 Å². The molecular formula is C16H24FN. The quantitative estimate of drug-likeness (QED) is 0.853. The molecule has 1 aromatic carbocycles. The maximum absolute atomic E-state index is 13.4. The van der Waals surface area contributed by atoms with Crippen LogP contribution in [0.1, 0.15) is 50.7 Å². The van der Waals surface area contributed by atoms with Crippen molar-refractivity contribution in [1.82, 2.24) is 5.32 Å². The smallest absolute Gasteiger partial charge is 0.123 e. The molecule has 1 aliphatic carbocycles. The van der Waals surface area contributed by atoms with Crippen LogP contribution in [0.5, 0.6) is 0 Å². The van der Waals surface area contributed by atoms with E-state index < -0.39 is 0 Å². The van der Waals surface area contributed by atoms with Crippen molar-refractivity contribution < 1.29 is 4.39 Å². The molecule has 1 aromatic rings. The zero-order valence-electron chi connectivity index (χ0n) is 11.9. The van der Waals surface area contributed by atoms with Crippen molar-refractivity contribution in [3.8, 4) is 0 Å². The number of nitrogens with one attached hydrogen (secondary N) is 1. The molecule has 0 aliphatic heterocycles. The lowest BCUT2D eigenvalue weighted by Crippen LogP contribution is -2.43. The SMILES string of the molecule is Cc1ccc(F)cc1C1CCC1CNC(C)(C)C. The molecule has 2 heteroatoms. The Balaban J connectivity index is 2.03. The molecule has 0 spiro atoms. The van der Waals surface area contributed by atoms with Crippen LogP contribution in [0.4, 0.5) is 4.39 Å². The minimum atomic E-state index is -0.106. The molecule has 0 bridgehead atoms. The predicted molar refractivity (Wildman–Crippen MR) is 74.4 cm³/mol. The maximum atomic E-state index is 13.4. The lowest BCUT2D eigenvalue weighted by atomic mass is 9.69. The van der Waals surface area contributed by atoms with Crippen molar-refractivity contribution in [2.45, 2.75) is 52.0 Å². The molecule has 100 valence electrons. The highest BCUT2D eigenvalue weighted by atomic mass is 19.1. The minimum Gasteiger partial charge on any atom is -0.312 e. The van der Waals surface area contributed by atoms with Crippen molar-refractivity contribution in [3.63, 3.8) is 0 Å². The summed E-state index contributed by atoms with van der Waals surface area (Å²) in [6.45, 7) is 9.68. The van der Waals surface area contributed by atoms with Crippen LogP contribution in [0.25, 0.3) is 0 Å². The Morgan fingerprint density at radius 1 is 1.28 bits per heavy atom. The second-order valence-electron chi connectivity index (χ2n) is 6.58. The van der Waals surface area contributed by atoms with Crippen LogP contribution in [-0.2, 0) is 0 Å². The average Bonchev–Trinajstić information content (AvgIpc) is 2.20. The minimum absolute atomic E-state index is 0.106. The van der Waals surface area contributed by atoms with Crippen LogP contribution in [0.3, 0.4) is 0 Å². The van der Waals surface area contributed by atoms with Gasteiger partial charge < -0.3 is 5.32 Å². The third kappa shape index (κ3) is 3.11. The molecule has 1 nitrogen and oxygen atoms in total. The lowest BCUT2D eigenvalue weighted by molar-refractivity contribution is 0.225.